The lowest BCUT2D eigenvalue weighted by Gasteiger charge is -2.37. The minimum absolute atomic E-state index is 0.00377. The third-order valence-electron chi connectivity index (χ3n) is 8.60. The van der Waals surface area contributed by atoms with Gasteiger partial charge >= 0.3 is 5.97 Å². The maximum Gasteiger partial charge on any atom is 0.312 e. The van der Waals surface area contributed by atoms with Crippen LogP contribution in [0.2, 0.25) is 0 Å². The van der Waals surface area contributed by atoms with Gasteiger partial charge in [-0.3, -0.25) is 19.3 Å². The van der Waals surface area contributed by atoms with Crippen LogP contribution in [-0.4, -0.2) is 29.2 Å². The molecule has 0 unspecified atom stereocenters. The number of ether oxygens (including phenoxy) is 1. The van der Waals surface area contributed by atoms with Crippen molar-refractivity contribution in [2.45, 2.75) is 32.1 Å². The summed E-state index contributed by atoms with van der Waals surface area (Å²) in [5.74, 6) is 0.951. The molecule has 7 rings (SSSR count). The molecule has 0 spiro atoms. The molecule has 34 heavy (non-hydrogen) atoms. The first kappa shape index (κ1) is 21.3. The molecule has 0 N–H and O–H groups in total. The Balaban J connectivity index is 1.07. The Kier molecular flexibility index (Phi) is 4.80. The van der Waals surface area contributed by atoms with E-state index in [1.165, 1.54) is 10.5 Å². The zero-order valence-electron chi connectivity index (χ0n) is 19.5. The molecule has 3 fully saturated rings. The molecule has 174 valence electrons. The number of esters is 1. The summed E-state index contributed by atoms with van der Waals surface area (Å²) in [6.45, 7) is 4.42. The molecule has 2 aromatic carbocycles. The molecule has 4 aliphatic carbocycles. The summed E-state index contributed by atoms with van der Waals surface area (Å²) in [7, 11) is 0. The fraction of sp³-hybridized carbons (Fsp3) is 0.414. The van der Waals surface area contributed by atoms with Crippen molar-refractivity contribution in [3.05, 3.63) is 77.9 Å². The minimum Gasteiger partial charge on any atom is -0.426 e. The third kappa shape index (κ3) is 3.24. The fourth-order valence-electron chi connectivity index (χ4n) is 6.59. The summed E-state index contributed by atoms with van der Waals surface area (Å²) in [6.07, 6.45) is 5.46. The van der Waals surface area contributed by atoms with E-state index >= 15 is 0 Å². The molecule has 5 aliphatic rings. The van der Waals surface area contributed by atoms with Crippen molar-refractivity contribution in [2.24, 2.45) is 35.5 Å². The quantitative estimate of drug-likeness (QED) is 0.281. The Morgan fingerprint density at radius 3 is 2.03 bits per heavy atom. The number of benzene rings is 2. The SMILES string of the molecule is CC(C)(c1ccccc1)c1ccc(OC(=O)CCN2C(=O)[C@H]3[C@@H]4C=C[C@@H]([C@H]5C[C@H]45)[C@@H]3C2=O)cc1. The van der Waals surface area contributed by atoms with Gasteiger partial charge in [0.25, 0.3) is 0 Å². The summed E-state index contributed by atoms with van der Waals surface area (Å²) in [5, 5.41) is 0. The normalized spacial score (nSPS) is 30.8. The van der Waals surface area contributed by atoms with Gasteiger partial charge < -0.3 is 4.74 Å². The van der Waals surface area contributed by atoms with Crippen LogP contribution in [0.3, 0.4) is 0 Å². The smallest absolute Gasteiger partial charge is 0.312 e. The molecule has 2 aromatic rings. The molecule has 5 heteroatoms. The predicted octanol–water partition coefficient (Wildman–Crippen LogP) is 4.36. The van der Waals surface area contributed by atoms with Crippen LogP contribution in [0, 0.1) is 35.5 Å². The van der Waals surface area contributed by atoms with Crippen LogP contribution < -0.4 is 4.74 Å². The Bertz CT molecular complexity index is 1150. The van der Waals surface area contributed by atoms with Crippen LogP contribution in [0.25, 0.3) is 0 Å². The van der Waals surface area contributed by atoms with E-state index in [-0.39, 0.29) is 53.9 Å². The summed E-state index contributed by atoms with van der Waals surface area (Å²) in [6, 6.07) is 17.8. The monoisotopic (exact) mass is 455 g/mol. The topological polar surface area (TPSA) is 63.7 Å². The second kappa shape index (κ2) is 7.66. The van der Waals surface area contributed by atoms with E-state index in [4.69, 9.17) is 4.74 Å². The van der Waals surface area contributed by atoms with Crippen LogP contribution >= 0.6 is 0 Å². The van der Waals surface area contributed by atoms with Gasteiger partial charge in [0, 0.05) is 12.0 Å². The van der Waals surface area contributed by atoms with Gasteiger partial charge in [0.05, 0.1) is 18.3 Å². The Morgan fingerprint density at radius 2 is 1.44 bits per heavy atom. The summed E-state index contributed by atoms with van der Waals surface area (Å²) >= 11 is 0. The van der Waals surface area contributed by atoms with Crippen molar-refractivity contribution in [3.8, 4) is 5.75 Å². The maximum absolute atomic E-state index is 13.0. The predicted molar refractivity (Wildman–Crippen MR) is 127 cm³/mol. The molecule has 6 atom stereocenters. The molecule has 1 saturated heterocycles. The standard InChI is InChI=1S/C29H29NO4/c1-29(2,17-6-4-3-5-7-17)18-8-10-19(11-9-18)34-24(31)14-15-30-27(32)25-20-12-13-21(23-16-22(20)23)26(25)28(30)33/h3-13,20-23,25-26H,14-16H2,1-2H3/t20-,21+,22-,23-,25+,26+/m1/s1. The molecule has 2 bridgehead atoms. The van der Waals surface area contributed by atoms with Crippen LogP contribution in [0.1, 0.15) is 37.8 Å². The molecule has 1 heterocycles. The largest absolute Gasteiger partial charge is 0.426 e. The molecule has 2 amide bonds. The van der Waals surface area contributed by atoms with E-state index in [9.17, 15) is 14.4 Å². The highest BCUT2D eigenvalue weighted by molar-refractivity contribution is 6.06. The summed E-state index contributed by atoms with van der Waals surface area (Å²) in [5.41, 5.74) is 2.16. The Hall–Kier alpha value is -3.21. The van der Waals surface area contributed by atoms with Gasteiger partial charge in [0.15, 0.2) is 0 Å². The van der Waals surface area contributed by atoms with Crippen molar-refractivity contribution in [3.63, 3.8) is 0 Å². The lowest BCUT2D eigenvalue weighted by molar-refractivity contribution is -0.141. The van der Waals surface area contributed by atoms with E-state index < -0.39 is 5.97 Å². The highest BCUT2D eigenvalue weighted by Crippen LogP contribution is 2.65. The van der Waals surface area contributed by atoms with Crippen LogP contribution in [0.15, 0.2) is 66.7 Å². The number of nitrogens with zero attached hydrogens (tertiary/aromatic N) is 1. The molecule has 0 radical (unpaired) electrons. The van der Waals surface area contributed by atoms with Gasteiger partial charge in [-0.2, -0.15) is 0 Å². The maximum atomic E-state index is 13.0. The molecular formula is C29H29NO4. The van der Waals surface area contributed by atoms with Crippen molar-refractivity contribution in [1.82, 2.24) is 4.90 Å². The van der Waals surface area contributed by atoms with E-state index in [0.29, 0.717) is 17.6 Å². The number of rotatable bonds is 6. The molecule has 5 nitrogen and oxygen atoms in total. The van der Waals surface area contributed by atoms with Gasteiger partial charge in [0.1, 0.15) is 5.75 Å². The number of likely N-dealkylation sites (tertiary alicyclic amines) is 1. The van der Waals surface area contributed by atoms with Gasteiger partial charge in [-0.05, 0) is 53.4 Å². The number of carbonyl (C=O) groups is 3. The molecule has 1 aliphatic heterocycles. The average molecular weight is 456 g/mol. The lowest BCUT2D eigenvalue weighted by Crippen LogP contribution is -2.40. The average Bonchev–Trinajstić information content (AvgIpc) is 3.63. The first-order valence-electron chi connectivity index (χ1n) is 12.3. The van der Waals surface area contributed by atoms with Crippen molar-refractivity contribution in [1.29, 1.82) is 0 Å². The van der Waals surface area contributed by atoms with E-state index in [1.54, 1.807) is 12.1 Å². The van der Waals surface area contributed by atoms with E-state index in [2.05, 4.69) is 38.1 Å². The second-order valence-corrected chi connectivity index (χ2v) is 10.7. The highest BCUT2D eigenvalue weighted by atomic mass is 16.5. The van der Waals surface area contributed by atoms with Gasteiger partial charge in [-0.25, -0.2) is 0 Å². The van der Waals surface area contributed by atoms with E-state index in [0.717, 1.165) is 12.0 Å². The van der Waals surface area contributed by atoms with Gasteiger partial charge in [0.2, 0.25) is 11.8 Å². The third-order valence-corrected chi connectivity index (χ3v) is 8.60. The fourth-order valence-corrected chi connectivity index (χ4v) is 6.59. The number of carbonyl (C=O) groups excluding carboxylic acids is 3. The van der Waals surface area contributed by atoms with Crippen LogP contribution in [-0.2, 0) is 19.8 Å². The van der Waals surface area contributed by atoms with Crippen LogP contribution in [0.5, 0.6) is 5.75 Å². The lowest BCUT2D eigenvalue weighted by atomic mass is 9.63. The number of amides is 2. The van der Waals surface area contributed by atoms with Crippen molar-refractivity contribution >= 4 is 17.8 Å². The number of allylic oxidation sites excluding steroid dienone is 2. The van der Waals surface area contributed by atoms with Crippen LogP contribution in [0.4, 0.5) is 0 Å². The Morgan fingerprint density at radius 1 is 0.882 bits per heavy atom. The van der Waals surface area contributed by atoms with E-state index in [1.807, 2.05) is 30.3 Å². The Labute approximate surface area is 199 Å². The number of hydrogen-bond acceptors (Lipinski definition) is 4. The first-order valence-corrected chi connectivity index (χ1v) is 12.3. The zero-order valence-corrected chi connectivity index (χ0v) is 19.5. The number of hydrogen-bond donors (Lipinski definition) is 0. The molecule has 2 saturated carbocycles. The molecular weight excluding hydrogens is 426 g/mol. The van der Waals surface area contributed by atoms with Gasteiger partial charge in [-0.15, -0.1) is 0 Å². The minimum atomic E-state index is -0.436. The molecule has 0 aromatic heterocycles. The second-order valence-electron chi connectivity index (χ2n) is 10.7. The first-order chi connectivity index (χ1) is 16.4. The van der Waals surface area contributed by atoms with Gasteiger partial charge in [-0.1, -0.05) is 68.5 Å². The summed E-state index contributed by atoms with van der Waals surface area (Å²) in [4.78, 5) is 39.9. The zero-order chi connectivity index (χ0) is 23.6. The van der Waals surface area contributed by atoms with Crippen molar-refractivity contribution in [2.75, 3.05) is 6.54 Å². The van der Waals surface area contributed by atoms with Crippen molar-refractivity contribution < 1.29 is 19.1 Å². The summed E-state index contributed by atoms with van der Waals surface area (Å²) < 4.78 is 5.51. The highest BCUT2D eigenvalue weighted by Gasteiger charge is 2.66. The number of imide groups is 1.